The van der Waals surface area contributed by atoms with Crippen molar-refractivity contribution in [3.8, 4) is 0 Å². The minimum Gasteiger partial charge on any atom is -0.462 e. The molecule has 0 aliphatic heterocycles. The molecular weight excluding hydrogens is 378 g/mol. The zero-order valence-corrected chi connectivity index (χ0v) is 16.9. The highest BCUT2D eigenvalue weighted by Gasteiger charge is 2.31. The molecule has 148 valence electrons. The third-order valence-electron chi connectivity index (χ3n) is 5.39. The quantitative estimate of drug-likeness (QED) is 0.764. The Bertz CT molecular complexity index is 968. The number of hydrogen-bond donors (Lipinski definition) is 1. The Labute approximate surface area is 167 Å². The van der Waals surface area contributed by atoms with Gasteiger partial charge in [-0.1, -0.05) is 0 Å². The molecule has 4 rings (SSSR count). The average molecular weight is 401 g/mol. The number of nitrogens with one attached hydrogen (secondary N) is 1. The predicted molar refractivity (Wildman–Crippen MR) is 106 cm³/mol. The van der Waals surface area contributed by atoms with E-state index in [1.807, 2.05) is 0 Å². The number of amides is 1. The molecule has 0 atom stereocenters. The molecule has 2 aromatic rings. The third-order valence-corrected chi connectivity index (χ3v) is 6.60. The summed E-state index contributed by atoms with van der Waals surface area (Å²) < 4.78 is 11.0. The van der Waals surface area contributed by atoms with Gasteiger partial charge in [-0.15, -0.1) is 11.3 Å². The highest BCUT2D eigenvalue weighted by molar-refractivity contribution is 7.17. The monoisotopic (exact) mass is 401 g/mol. The first-order chi connectivity index (χ1) is 13.5. The van der Waals surface area contributed by atoms with E-state index in [0.717, 1.165) is 42.5 Å². The molecule has 0 saturated heterocycles. The molecule has 7 heteroatoms. The first kappa shape index (κ1) is 18.9. The zero-order chi connectivity index (χ0) is 19.8. The number of furan rings is 1. The van der Waals surface area contributed by atoms with Crippen molar-refractivity contribution in [2.24, 2.45) is 0 Å². The van der Waals surface area contributed by atoms with Gasteiger partial charge in [0, 0.05) is 23.3 Å². The number of aryl methyl sites for hydroxylation is 2. The van der Waals surface area contributed by atoms with Gasteiger partial charge in [0.25, 0.3) is 5.91 Å². The van der Waals surface area contributed by atoms with Crippen LogP contribution in [0.4, 0.5) is 5.00 Å². The van der Waals surface area contributed by atoms with Gasteiger partial charge in [0.05, 0.1) is 17.7 Å². The lowest BCUT2D eigenvalue weighted by atomic mass is 9.94. The average Bonchev–Trinajstić information content (AvgIpc) is 3.20. The number of anilines is 1. The maximum absolute atomic E-state index is 12.9. The number of esters is 1. The van der Waals surface area contributed by atoms with Crippen molar-refractivity contribution < 1.29 is 23.5 Å². The van der Waals surface area contributed by atoms with Crippen LogP contribution in [-0.2, 0) is 24.0 Å². The molecule has 0 radical (unpaired) electrons. The molecule has 0 saturated carbocycles. The molecule has 28 heavy (non-hydrogen) atoms. The topological polar surface area (TPSA) is 85.6 Å². The normalized spacial score (nSPS) is 15.7. The highest BCUT2D eigenvalue weighted by Crippen LogP contribution is 2.39. The van der Waals surface area contributed by atoms with E-state index in [2.05, 4.69) is 5.32 Å². The zero-order valence-electron chi connectivity index (χ0n) is 16.1. The molecule has 2 aliphatic carbocycles. The second kappa shape index (κ2) is 7.54. The second-order valence-electron chi connectivity index (χ2n) is 7.22. The van der Waals surface area contributed by atoms with Crippen LogP contribution in [0, 0.1) is 6.92 Å². The van der Waals surface area contributed by atoms with E-state index in [0.29, 0.717) is 40.3 Å². The summed E-state index contributed by atoms with van der Waals surface area (Å²) in [5.74, 6) is -0.0524. The maximum Gasteiger partial charge on any atom is 0.341 e. The highest BCUT2D eigenvalue weighted by atomic mass is 32.1. The second-order valence-corrected chi connectivity index (χ2v) is 8.33. The van der Waals surface area contributed by atoms with Crippen molar-refractivity contribution in [3.05, 3.63) is 38.7 Å². The van der Waals surface area contributed by atoms with E-state index in [4.69, 9.17) is 9.15 Å². The van der Waals surface area contributed by atoms with E-state index in [1.165, 1.54) is 11.3 Å². The SMILES string of the molecule is CCOC(=O)c1c(NC(=O)c2oc3c(c2C)C(=O)CCC3)sc2c1CCCC2. The van der Waals surface area contributed by atoms with Gasteiger partial charge in [-0.3, -0.25) is 9.59 Å². The Balaban J connectivity index is 1.68. The van der Waals surface area contributed by atoms with Gasteiger partial charge in [-0.05, 0) is 51.5 Å². The number of ketones is 1. The van der Waals surface area contributed by atoms with E-state index in [1.54, 1.807) is 13.8 Å². The van der Waals surface area contributed by atoms with E-state index >= 15 is 0 Å². The van der Waals surface area contributed by atoms with Crippen LogP contribution in [0.2, 0.25) is 0 Å². The van der Waals surface area contributed by atoms with Crippen molar-refractivity contribution in [2.75, 3.05) is 11.9 Å². The lowest BCUT2D eigenvalue weighted by Crippen LogP contribution is -2.16. The molecule has 6 nitrogen and oxygen atoms in total. The lowest BCUT2D eigenvalue weighted by Gasteiger charge is -2.12. The molecule has 2 aliphatic rings. The number of carbonyl (C=O) groups excluding carboxylic acids is 3. The van der Waals surface area contributed by atoms with Gasteiger partial charge in [-0.2, -0.15) is 0 Å². The number of thiophene rings is 1. The predicted octanol–water partition coefficient (Wildman–Crippen LogP) is 4.48. The van der Waals surface area contributed by atoms with Gasteiger partial charge in [0.15, 0.2) is 11.5 Å². The summed E-state index contributed by atoms with van der Waals surface area (Å²) in [5.41, 5.74) is 2.60. The van der Waals surface area contributed by atoms with Crippen LogP contribution in [0.3, 0.4) is 0 Å². The molecule has 2 heterocycles. The van der Waals surface area contributed by atoms with Crippen LogP contribution < -0.4 is 5.32 Å². The van der Waals surface area contributed by atoms with E-state index < -0.39 is 11.9 Å². The van der Waals surface area contributed by atoms with Gasteiger partial charge < -0.3 is 14.5 Å². The largest absolute Gasteiger partial charge is 0.462 e. The standard InChI is InChI=1S/C21H23NO5S/c1-3-26-21(25)17-12-7-4-5-10-15(12)28-20(17)22-19(24)18-11(2)16-13(23)8-6-9-14(16)27-18/h3-10H2,1-2H3,(H,22,24). The Kier molecular flexibility index (Phi) is 5.10. The van der Waals surface area contributed by atoms with Crippen LogP contribution in [0.5, 0.6) is 0 Å². The summed E-state index contributed by atoms with van der Waals surface area (Å²) in [7, 11) is 0. The van der Waals surface area contributed by atoms with Crippen LogP contribution in [-0.4, -0.2) is 24.3 Å². The van der Waals surface area contributed by atoms with Crippen LogP contribution >= 0.6 is 11.3 Å². The summed E-state index contributed by atoms with van der Waals surface area (Å²) in [6.45, 7) is 3.79. The van der Waals surface area contributed by atoms with Crippen LogP contribution in [0.15, 0.2) is 4.42 Å². The van der Waals surface area contributed by atoms with Crippen molar-refractivity contribution in [3.63, 3.8) is 0 Å². The summed E-state index contributed by atoms with van der Waals surface area (Å²) in [5, 5.41) is 3.37. The summed E-state index contributed by atoms with van der Waals surface area (Å²) in [6, 6.07) is 0. The lowest BCUT2D eigenvalue weighted by molar-refractivity contribution is 0.0526. The van der Waals surface area contributed by atoms with Crippen molar-refractivity contribution in [1.29, 1.82) is 0 Å². The minimum atomic E-state index is -0.427. The van der Waals surface area contributed by atoms with Crippen molar-refractivity contribution in [2.45, 2.75) is 58.8 Å². The molecule has 0 unspecified atom stereocenters. The first-order valence-electron chi connectivity index (χ1n) is 9.79. The Hall–Kier alpha value is -2.41. The van der Waals surface area contributed by atoms with Crippen LogP contribution in [0.1, 0.15) is 85.6 Å². The molecule has 2 aromatic heterocycles. The summed E-state index contributed by atoms with van der Waals surface area (Å²) >= 11 is 1.44. The van der Waals surface area contributed by atoms with E-state index in [9.17, 15) is 14.4 Å². The Morgan fingerprint density at radius 3 is 2.68 bits per heavy atom. The van der Waals surface area contributed by atoms with Crippen molar-refractivity contribution in [1.82, 2.24) is 0 Å². The third kappa shape index (κ3) is 3.17. The van der Waals surface area contributed by atoms with Gasteiger partial charge in [0.2, 0.25) is 0 Å². The van der Waals surface area contributed by atoms with Gasteiger partial charge in [-0.25, -0.2) is 4.79 Å². The molecule has 1 amide bonds. The Morgan fingerprint density at radius 2 is 1.93 bits per heavy atom. The number of carbonyl (C=O) groups is 3. The molecule has 0 fully saturated rings. The molecule has 0 spiro atoms. The summed E-state index contributed by atoms with van der Waals surface area (Å²) in [4.78, 5) is 38.8. The fourth-order valence-corrected chi connectivity index (χ4v) is 5.37. The summed E-state index contributed by atoms with van der Waals surface area (Å²) in [6.07, 6.45) is 5.72. The molecule has 1 N–H and O–H groups in total. The number of rotatable bonds is 4. The molecule has 0 bridgehead atoms. The molecule has 0 aromatic carbocycles. The number of hydrogen-bond acceptors (Lipinski definition) is 6. The first-order valence-corrected chi connectivity index (χ1v) is 10.6. The van der Waals surface area contributed by atoms with E-state index in [-0.39, 0.29) is 18.2 Å². The maximum atomic E-state index is 12.9. The fraction of sp³-hybridized carbons (Fsp3) is 0.476. The smallest absolute Gasteiger partial charge is 0.341 e. The van der Waals surface area contributed by atoms with Crippen molar-refractivity contribution >= 4 is 34.0 Å². The Morgan fingerprint density at radius 1 is 1.14 bits per heavy atom. The molecular formula is C21H23NO5S. The minimum absolute atomic E-state index is 0.0281. The number of ether oxygens (including phenoxy) is 1. The van der Waals surface area contributed by atoms with Gasteiger partial charge >= 0.3 is 5.97 Å². The van der Waals surface area contributed by atoms with Gasteiger partial charge in [0.1, 0.15) is 10.8 Å². The number of fused-ring (bicyclic) bond motifs is 2. The number of Topliss-reactive ketones (excluding diaryl/α,β-unsaturated/α-hetero) is 1. The fourth-order valence-electron chi connectivity index (χ4n) is 4.10. The van der Waals surface area contributed by atoms with Crippen LogP contribution in [0.25, 0.3) is 0 Å².